The summed E-state index contributed by atoms with van der Waals surface area (Å²) in [5.74, 6) is -0.538. The Labute approximate surface area is 159 Å². The Bertz CT molecular complexity index is 917. The van der Waals surface area contributed by atoms with Gasteiger partial charge in [0.1, 0.15) is 5.82 Å². The number of halogens is 3. The van der Waals surface area contributed by atoms with E-state index in [4.69, 9.17) is 23.2 Å². The summed E-state index contributed by atoms with van der Waals surface area (Å²) in [4.78, 5) is 20.3. The summed E-state index contributed by atoms with van der Waals surface area (Å²) < 4.78 is 13.2. The molecule has 5 nitrogen and oxygen atoms in total. The van der Waals surface area contributed by atoms with Gasteiger partial charge < -0.3 is 10.6 Å². The fourth-order valence-corrected chi connectivity index (χ4v) is 2.41. The van der Waals surface area contributed by atoms with Crippen molar-refractivity contribution in [2.75, 3.05) is 5.32 Å². The van der Waals surface area contributed by atoms with Gasteiger partial charge in [0.25, 0.3) is 5.91 Å². The van der Waals surface area contributed by atoms with E-state index in [9.17, 15) is 9.18 Å². The molecule has 132 valence electrons. The fourth-order valence-electron chi connectivity index (χ4n) is 2.10. The number of rotatable bonds is 5. The number of carbonyl (C=O) groups excluding carboxylic acids is 1. The van der Waals surface area contributed by atoms with Crippen LogP contribution in [0.2, 0.25) is 10.0 Å². The molecule has 3 aromatic rings. The van der Waals surface area contributed by atoms with Crippen LogP contribution in [0.15, 0.2) is 54.9 Å². The molecule has 1 aromatic heterocycles. The predicted molar refractivity (Wildman–Crippen MR) is 99.3 cm³/mol. The summed E-state index contributed by atoms with van der Waals surface area (Å²) in [7, 11) is 0. The average molecular weight is 391 g/mol. The smallest absolute Gasteiger partial charge is 0.254 e. The van der Waals surface area contributed by atoms with E-state index in [1.807, 2.05) is 12.1 Å². The third-order valence-corrected chi connectivity index (χ3v) is 4.00. The lowest BCUT2D eigenvalue weighted by Crippen LogP contribution is -2.23. The van der Waals surface area contributed by atoms with Gasteiger partial charge in [0.15, 0.2) is 0 Å². The number of nitrogens with one attached hydrogen (secondary N) is 2. The second kappa shape index (κ2) is 8.12. The van der Waals surface area contributed by atoms with Crippen molar-refractivity contribution in [1.82, 2.24) is 15.3 Å². The minimum Gasteiger partial charge on any atom is -0.348 e. The van der Waals surface area contributed by atoms with E-state index < -0.39 is 5.82 Å². The Balaban J connectivity index is 1.60. The molecule has 0 bridgehead atoms. The predicted octanol–water partition coefficient (Wildman–Crippen LogP) is 4.60. The summed E-state index contributed by atoms with van der Waals surface area (Å²) in [6.45, 7) is 0.365. The number of carbonyl (C=O) groups is 1. The first-order valence-corrected chi connectivity index (χ1v) is 8.33. The van der Waals surface area contributed by atoms with E-state index in [2.05, 4.69) is 20.6 Å². The van der Waals surface area contributed by atoms with Gasteiger partial charge in [0.05, 0.1) is 10.6 Å². The maximum atomic E-state index is 13.2. The van der Waals surface area contributed by atoms with Crippen LogP contribution >= 0.6 is 23.2 Å². The number of aromatic nitrogens is 2. The van der Waals surface area contributed by atoms with Crippen molar-refractivity contribution in [3.05, 3.63) is 81.8 Å². The molecule has 2 N–H and O–H groups in total. The lowest BCUT2D eigenvalue weighted by molar-refractivity contribution is 0.0950. The fraction of sp³-hybridized carbons (Fsp3) is 0.0556. The molecule has 0 aliphatic rings. The van der Waals surface area contributed by atoms with Crippen LogP contribution in [0.5, 0.6) is 0 Å². The first-order chi connectivity index (χ1) is 12.5. The largest absolute Gasteiger partial charge is 0.348 e. The molecular weight excluding hydrogens is 378 g/mol. The summed E-state index contributed by atoms with van der Waals surface area (Å²) in [5, 5.41) is 6.29. The third kappa shape index (κ3) is 4.68. The van der Waals surface area contributed by atoms with Gasteiger partial charge in [-0.25, -0.2) is 14.4 Å². The Kier molecular flexibility index (Phi) is 5.65. The van der Waals surface area contributed by atoms with E-state index in [0.717, 1.165) is 5.56 Å². The van der Waals surface area contributed by atoms with E-state index in [1.165, 1.54) is 30.6 Å². The summed E-state index contributed by atoms with van der Waals surface area (Å²) in [5.41, 5.74) is 1.79. The maximum Gasteiger partial charge on any atom is 0.254 e. The van der Waals surface area contributed by atoms with E-state index in [1.54, 1.807) is 12.1 Å². The molecule has 0 saturated heterocycles. The van der Waals surface area contributed by atoms with Gasteiger partial charge >= 0.3 is 0 Å². The van der Waals surface area contributed by atoms with Crippen molar-refractivity contribution >= 4 is 40.7 Å². The number of anilines is 2. The van der Waals surface area contributed by atoms with Gasteiger partial charge in [-0.05, 0) is 35.9 Å². The molecule has 0 radical (unpaired) electrons. The zero-order valence-corrected chi connectivity index (χ0v) is 14.9. The Morgan fingerprint density at radius 1 is 1.04 bits per heavy atom. The highest BCUT2D eigenvalue weighted by Crippen LogP contribution is 2.21. The van der Waals surface area contributed by atoms with Crippen LogP contribution < -0.4 is 10.6 Å². The highest BCUT2D eigenvalue weighted by molar-refractivity contribution is 6.31. The molecule has 3 rings (SSSR count). The van der Waals surface area contributed by atoms with Crippen LogP contribution in [0.3, 0.4) is 0 Å². The van der Waals surface area contributed by atoms with Crippen molar-refractivity contribution in [3.63, 3.8) is 0 Å². The summed E-state index contributed by atoms with van der Waals surface area (Å²) in [6.07, 6.45) is 2.80. The molecule has 0 saturated carbocycles. The molecule has 0 spiro atoms. The minimum absolute atomic E-state index is 0.00630. The van der Waals surface area contributed by atoms with Gasteiger partial charge in [0, 0.05) is 29.6 Å². The highest BCUT2D eigenvalue weighted by atomic mass is 35.5. The van der Waals surface area contributed by atoms with Crippen LogP contribution in [0.25, 0.3) is 0 Å². The van der Waals surface area contributed by atoms with Crippen LogP contribution in [0.4, 0.5) is 16.0 Å². The van der Waals surface area contributed by atoms with E-state index in [-0.39, 0.29) is 16.9 Å². The monoisotopic (exact) mass is 390 g/mol. The van der Waals surface area contributed by atoms with Crippen molar-refractivity contribution in [2.24, 2.45) is 0 Å². The van der Waals surface area contributed by atoms with Crippen LogP contribution in [0, 0.1) is 5.82 Å². The summed E-state index contributed by atoms with van der Waals surface area (Å²) >= 11 is 11.5. The third-order valence-electron chi connectivity index (χ3n) is 3.46. The molecule has 2 aromatic carbocycles. The lowest BCUT2D eigenvalue weighted by atomic mass is 10.2. The average Bonchev–Trinajstić information content (AvgIpc) is 2.65. The number of hydrogen-bond acceptors (Lipinski definition) is 4. The molecule has 1 heterocycles. The van der Waals surface area contributed by atoms with Gasteiger partial charge in [-0.1, -0.05) is 35.3 Å². The molecule has 0 atom stereocenters. The van der Waals surface area contributed by atoms with Crippen molar-refractivity contribution in [1.29, 1.82) is 0 Å². The second-order valence-corrected chi connectivity index (χ2v) is 6.20. The normalized spacial score (nSPS) is 10.4. The number of nitrogens with zero attached hydrogens (tertiary/aromatic N) is 2. The SMILES string of the molecule is O=C(NCc1ccc(Cl)cc1)c1cnc(Nc2ccc(F)c(Cl)c2)nc1. The minimum atomic E-state index is -0.508. The molecule has 0 aliphatic heterocycles. The highest BCUT2D eigenvalue weighted by Gasteiger charge is 2.08. The van der Waals surface area contributed by atoms with Gasteiger partial charge in [-0.15, -0.1) is 0 Å². The van der Waals surface area contributed by atoms with Crippen LogP contribution in [0.1, 0.15) is 15.9 Å². The first-order valence-electron chi connectivity index (χ1n) is 7.58. The molecule has 0 aliphatic carbocycles. The van der Waals surface area contributed by atoms with Gasteiger partial charge in [-0.2, -0.15) is 0 Å². The van der Waals surface area contributed by atoms with Crippen molar-refractivity contribution < 1.29 is 9.18 Å². The van der Waals surface area contributed by atoms with Crippen molar-refractivity contribution in [2.45, 2.75) is 6.54 Å². The van der Waals surface area contributed by atoms with Gasteiger partial charge in [-0.3, -0.25) is 4.79 Å². The maximum absolute atomic E-state index is 13.2. The zero-order chi connectivity index (χ0) is 18.5. The quantitative estimate of drug-likeness (QED) is 0.668. The van der Waals surface area contributed by atoms with Crippen LogP contribution in [-0.2, 0) is 6.54 Å². The molecule has 0 fully saturated rings. The van der Waals surface area contributed by atoms with Gasteiger partial charge in [0.2, 0.25) is 5.95 Å². The van der Waals surface area contributed by atoms with E-state index in [0.29, 0.717) is 22.8 Å². The number of amides is 1. The van der Waals surface area contributed by atoms with E-state index >= 15 is 0 Å². The number of benzene rings is 2. The first kappa shape index (κ1) is 18.1. The molecule has 8 heteroatoms. The lowest BCUT2D eigenvalue weighted by Gasteiger charge is -2.07. The Morgan fingerprint density at radius 2 is 1.73 bits per heavy atom. The van der Waals surface area contributed by atoms with Crippen LogP contribution in [-0.4, -0.2) is 15.9 Å². The summed E-state index contributed by atoms with van der Waals surface area (Å²) in [6, 6.07) is 11.4. The second-order valence-electron chi connectivity index (χ2n) is 5.36. The molecule has 1 amide bonds. The number of hydrogen-bond donors (Lipinski definition) is 2. The molecule has 26 heavy (non-hydrogen) atoms. The topological polar surface area (TPSA) is 66.9 Å². The zero-order valence-electron chi connectivity index (χ0n) is 13.3. The molecule has 0 unspecified atom stereocenters. The Hall–Kier alpha value is -2.70. The Morgan fingerprint density at radius 3 is 2.38 bits per heavy atom. The van der Waals surface area contributed by atoms with Crippen molar-refractivity contribution in [3.8, 4) is 0 Å². The molecular formula is C18H13Cl2FN4O. The standard InChI is InChI=1S/C18H13Cl2FN4O/c19-13-3-1-11(2-4-13)8-22-17(26)12-9-23-18(24-10-12)25-14-5-6-16(21)15(20)7-14/h1-7,9-10H,8H2,(H,22,26)(H,23,24,25).